The number of ether oxygens (including phenoxy) is 2. The highest BCUT2D eigenvalue weighted by Gasteiger charge is 2.25. The van der Waals surface area contributed by atoms with Crippen LogP contribution in [0.1, 0.15) is 33.9 Å². The number of fused-ring (bicyclic) bond motifs is 2. The molecule has 1 unspecified atom stereocenters. The van der Waals surface area contributed by atoms with Crippen LogP contribution in [0.25, 0.3) is 10.9 Å². The number of rotatable bonds is 5. The Labute approximate surface area is 188 Å². The van der Waals surface area contributed by atoms with Crippen LogP contribution >= 0.6 is 0 Å². The van der Waals surface area contributed by atoms with Crippen molar-refractivity contribution in [3.05, 3.63) is 95.3 Å². The van der Waals surface area contributed by atoms with Crippen LogP contribution in [0.4, 0.5) is 8.78 Å². The molecule has 2 aromatic heterocycles. The second kappa shape index (κ2) is 8.82. The van der Waals surface area contributed by atoms with Crippen molar-refractivity contribution in [3.63, 3.8) is 0 Å². The monoisotopic (exact) mass is 447 g/mol. The molecule has 0 spiro atoms. The number of carbonyl (C=O) groups excluding carboxylic acids is 1. The van der Waals surface area contributed by atoms with Crippen LogP contribution < -0.4 is 14.8 Å². The molecule has 5 rings (SSSR count). The van der Waals surface area contributed by atoms with Crippen molar-refractivity contribution in [1.82, 2.24) is 15.3 Å². The molecule has 8 heteroatoms. The van der Waals surface area contributed by atoms with E-state index in [1.54, 1.807) is 36.5 Å². The number of halogens is 2. The molecule has 1 amide bonds. The molecule has 0 aliphatic carbocycles. The van der Waals surface area contributed by atoms with Gasteiger partial charge in [-0.3, -0.25) is 9.78 Å². The molecule has 1 N–H and O–H groups in total. The minimum atomic E-state index is -0.686. The molecule has 0 saturated carbocycles. The molecule has 0 bridgehead atoms. The number of amides is 1. The highest BCUT2D eigenvalue weighted by molar-refractivity contribution is 6.07. The number of aromatic nitrogens is 2. The second-order valence-corrected chi connectivity index (χ2v) is 7.56. The molecular formula is C25H19F2N3O3. The first-order valence-corrected chi connectivity index (χ1v) is 10.4. The lowest BCUT2D eigenvalue weighted by molar-refractivity contribution is 0.0925. The summed E-state index contributed by atoms with van der Waals surface area (Å²) in [5, 5.41) is 3.62. The average molecular weight is 447 g/mol. The highest BCUT2D eigenvalue weighted by Crippen LogP contribution is 2.31. The summed E-state index contributed by atoms with van der Waals surface area (Å²) < 4.78 is 39.2. The van der Waals surface area contributed by atoms with Crippen LogP contribution in [0.5, 0.6) is 11.6 Å². The van der Waals surface area contributed by atoms with E-state index in [-0.39, 0.29) is 24.1 Å². The Morgan fingerprint density at radius 2 is 1.85 bits per heavy atom. The quantitative estimate of drug-likeness (QED) is 0.478. The summed E-state index contributed by atoms with van der Waals surface area (Å²) in [5.41, 5.74) is 1.50. The van der Waals surface area contributed by atoms with Gasteiger partial charge < -0.3 is 14.8 Å². The van der Waals surface area contributed by atoms with E-state index >= 15 is 0 Å². The second-order valence-electron chi connectivity index (χ2n) is 7.56. The van der Waals surface area contributed by atoms with Gasteiger partial charge in [0, 0.05) is 29.8 Å². The van der Waals surface area contributed by atoms with Crippen molar-refractivity contribution < 1.29 is 23.0 Å². The van der Waals surface area contributed by atoms with Gasteiger partial charge in [0.25, 0.3) is 5.91 Å². The normalized spacial score (nSPS) is 14.9. The fourth-order valence-electron chi connectivity index (χ4n) is 3.89. The van der Waals surface area contributed by atoms with Gasteiger partial charge in [0.15, 0.2) is 0 Å². The molecule has 0 fully saturated rings. The van der Waals surface area contributed by atoms with Crippen LogP contribution in [-0.2, 0) is 6.61 Å². The van der Waals surface area contributed by atoms with Crippen molar-refractivity contribution >= 4 is 16.8 Å². The average Bonchev–Trinajstić information content (AvgIpc) is 2.83. The van der Waals surface area contributed by atoms with E-state index in [0.29, 0.717) is 41.1 Å². The molecule has 4 aromatic rings. The van der Waals surface area contributed by atoms with Gasteiger partial charge in [-0.05, 0) is 30.3 Å². The highest BCUT2D eigenvalue weighted by atomic mass is 19.1. The smallest absolute Gasteiger partial charge is 0.252 e. The van der Waals surface area contributed by atoms with Crippen LogP contribution in [0.2, 0.25) is 0 Å². The molecule has 0 saturated heterocycles. The van der Waals surface area contributed by atoms with E-state index in [0.717, 1.165) is 5.56 Å². The fraction of sp³-hybridized carbons (Fsp3) is 0.160. The Hall–Kier alpha value is -4.07. The van der Waals surface area contributed by atoms with E-state index in [2.05, 4.69) is 15.3 Å². The molecule has 2 aromatic carbocycles. The minimum Gasteiger partial charge on any atom is -0.486 e. The van der Waals surface area contributed by atoms with Gasteiger partial charge in [0.05, 0.1) is 23.8 Å². The SMILES string of the molecule is O=C(NC1CCOc2ncccc21)c1ccnc2c(OCc3c(F)cccc3F)cccc12. The minimum absolute atomic E-state index is 0.171. The Morgan fingerprint density at radius 3 is 2.70 bits per heavy atom. The number of carbonyl (C=O) groups is 1. The Balaban J connectivity index is 1.42. The first kappa shape index (κ1) is 20.8. The molecule has 1 atom stereocenters. The summed E-state index contributed by atoms with van der Waals surface area (Å²) in [6.45, 7) is 0.151. The fourth-order valence-corrected chi connectivity index (χ4v) is 3.89. The lowest BCUT2D eigenvalue weighted by Crippen LogP contribution is -2.32. The van der Waals surface area contributed by atoms with Crippen molar-refractivity contribution in [2.24, 2.45) is 0 Å². The zero-order valence-corrected chi connectivity index (χ0v) is 17.4. The van der Waals surface area contributed by atoms with Crippen molar-refractivity contribution in [1.29, 1.82) is 0 Å². The number of hydrogen-bond donors (Lipinski definition) is 1. The maximum Gasteiger partial charge on any atom is 0.252 e. The third-order valence-electron chi connectivity index (χ3n) is 5.54. The van der Waals surface area contributed by atoms with Crippen LogP contribution in [0.3, 0.4) is 0 Å². The number of benzene rings is 2. The molecule has 33 heavy (non-hydrogen) atoms. The van der Waals surface area contributed by atoms with Crippen molar-refractivity contribution in [3.8, 4) is 11.6 Å². The summed E-state index contributed by atoms with van der Waals surface area (Å²) in [7, 11) is 0. The predicted molar refractivity (Wildman–Crippen MR) is 117 cm³/mol. The van der Waals surface area contributed by atoms with Crippen LogP contribution in [-0.4, -0.2) is 22.5 Å². The Morgan fingerprint density at radius 1 is 1.03 bits per heavy atom. The summed E-state index contributed by atoms with van der Waals surface area (Å²) in [4.78, 5) is 21.7. The molecule has 0 radical (unpaired) electrons. The van der Waals surface area contributed by atoms with Gasteiger partial charge in [-0.25, -0.2) is 13.8 Å². The van der Waals surface area contributed by atoms with Gasteiger partial charge in [-0.2, -0.15) is 0 Å². The number of nitrogens with zero attached hydrogens (tertiary/aromatic N) is 2. The molecule has 6 nitrogen and oxygen atoms in total. The lowest BCUT2D eigenvalue weighted by atomic mass is 10.0. The number of para-hydroxylation sites is 1. The van der Waals surface area contributed by atoms with Gasteiger partial charge >= 0.3 is 0 Å². The number of nitrogens with one attached hydrogen (secondary N) is 1. The maximum absolute atomic E-state index is 14.0. The van der Waals surface area contributed by atoms with Gasteiger partial charge in [-0.15, -0.1) is 0 Å². The maximum atomic E-state index is 14.0. The van der Waals surface area contributed by atoms with Gasteiger partial charge in [0.2, 0.25) is 5.88 Å². The first-order chi connectivity index (χ1) is 16.1. The van der Waals surface area contributed by atoms with Gasteiger partial charge in [-0.1, -0.05) is 24.3 Å². The molecule has 166 valence electrons. The Bertz CT molecular complexity index is 1330. The molecule has 3 heterocycles. The zero-order chi connectivity index (χ0) is 22.8. The zero-order valence-electron chi connectivity index (χ0n) is 17.4. The predicted octanol–water partition coefficient (Wildman–Crippen LogP) is 4.74. The summed E-state index contributed by atoms with van der Waals surface area (Å²) in [5.74, 6) is -0.805. The van der Waals surface area contributed by atoms with E-state index in [9.17, 15) is 13.6 Å². The van der Waals surface area contributed by atoms with E-state index in [1.165, 1.54) is 24.4 Å². The van der Waals surface area contributed by atoms with Crippen LogP contribution in [0.15, 0.2) is 67.0 Å². The lowest BCUT2D eigenvalue weighted by Gasteiger charge is -2.25. The molecule has 1 aliphatic rings. The summed E-state index contributed by atoms with van der Waals surface area (Å²) >= 11 is 0. The van der Waals surface area contributed by atoms with E-state index in [4.69, 9.17) is 9.47 Å². The molecular weight excluding hydrogens is 428 g/mol. The standard InChI is InChI=1S/C25H19F2N3O3/c26-19-6-2-7-20(27)18(19)14-33-22-8-1-4-15-16(9-12-28-23(15)22)24(31)30-21-10-13-32-25-17(21)5-3-11-29-25/h1-9,11-12,21H,10,13-14H2,(H,30,31). The van der Waals surface area contributed by atoms with E-state index < -0.39 is 11.6 Å². The van der Waals surface area contributed by atoms with E-state index in [1.807, 2.05) is 6.07 Å². The topological polar surface area (TPSA) is 73.3 Å². The Kier molecular flexibility index (Phi) is 5.56. The third-order valence-corrected chi connectivity index (χ3v) is 5.54. The summed E-state index contributed by atoms with van der Waals surface area (Å²) in [6.07, 6.45) is 3.78. The van der Waals surface area contributed by atoms with Crippen molar-refractivity contribution in [2.75, 3.05) is 6.61 Å². The molecule has 1 aliphatic heterocycles. The van der Waals surface area contributed by atoms with Gasteiger partial charge in [0.1, 0.15) is 29.5 Å². The van der Waals surface area contributed by atoms with Crippen LogP contribution in [0, 0.1) is 11.6 Å². The van der Waals surface area contributed by atoms with Crippen molar-refractivity contribution in [2.45, 2.75) is 19.1 Å². The number of pyridine rings is 2. The largest absolute Gasteiger partial charge is 0.486 e. The summed E-state index contributed by atoms with van der Waals surface area (Å²) in [6, 6.07) is 13.8. The first-order valence-electron chi connectivity index (χ1n) is 10.4. The number of hydrogen-bond acceptors (Lipinski definition) is 5. The third kappa shape index (κ3) is 4.07.